The van der Waals surface area contributed by atoms with Crippen molar-refractivity contribution >= 4 is 0 Å². The molecule has 1 saturated carbocycles. The van der Waals surface area contributed by atoms with E-state index in [9.17, 15) is 5.11 Å². The average Bonchev–Trinajstić information content (AvgIpc) is 3.23. The Kier molecular flexibility index (Phi) is 5.07. The van der Waals surface area contributed by atoms with Crippen LogP contribution in [0.2, 0.25) is 0 Å². The summed E-state index contributed by atoms with van der Waals surface area (Å²) in [6.45, 7) is 8.41. The highest BCUT2D eigenvalue weighted by atomic mass is 16.3. The number of hydrogen-bond acceptors (Lipinski definition) is 2. The van der Waals surface area contributed by atoms with Crippen LogP contribution < -0.4 is 0 Å². The highest BCUT2D eigenvalue weighted by Crippen LogP contribution is 2.54. The zero-order valence-electron chi connectivity index (χ0n) is 15.0. The van der Waals surface area contributed by atoms with E-state index in [-0.39, 0.29) is 12.1 Å². The summed E-state index contributed by atoms with van der Waals surface area (Å²) in [5.41, 5.74) is 2.88. The smallest absolute Gasteiger partial charge is 0.0726 e. The van der Waals surface area contributed by atoms with Gasteiger partial charge < -0.3 is 5.11 Å². The minimum Gasteiger partial charge on any atom is -0.391 e. The normalized spacial score (nSPS) is 21.5. The van der Waals surface area contributed by atoms with Gasteiger partial charge in [0.2, 0.25) is 0 Å². The van der Waals surface area contributed by atoms with Crippen LogP contribution in [-0.4, -0.2) is 22.2 Å². The Labute approximate surface area is 146 Å². The maximum Gasteiger partial charge on any atom is 0.0726 e. The van der Waals surface area contributed by atoms with E-state index in [1.165, 1.54) is 11.1 Å². The summed E-state index contributed by atoms with van der Waals surface area (Å²) in [4.78, 5) is 2.41. The molecule has 1 N–H and O–H groups in total. The van der Waals surface area contributed by atoms with Gasteiger partial charge in [0, 0.05) is 19.1 Å². The van der Waals surface area contributed by atoms with Gasteiger partial charge in [-0.2, -0.15) is 0 Å². The predicted octanol–water partition coefficient (Wildman–Crippen LogP) is 4.48. The molecule has 2 heteroatoms. The van der Waals surface area contributed by atoms with Crippen LogP contribution in [0.15, 0.2) is 60.7 Å². The molecule has 0 amide bonds. The molecule has 1 aliphatic carbocycles. The molecule has 2 aromatic rings. The fourth-order valence-corrected chi connectivity index (χ4v) is 3.62. The first-order valence-corrected chi connectivity index (χ1v) is 8.97. The van der Waals surface area contributed by atoms with Crippen molar-refractivity contribution in [2.75, 3.05) is 0 Å². The van der Waals surface area contributed by atoms with Crippen LogP contribution in [0.1, 0.15) is 38.3 Å². The third-order valence-corrected chi connectivity index (χ3v) is 5.53. The SMILES string of the molecule is C[C@@H]([C@@H](O)C1CC1(C)C)N(Cc1ccccc1)Cc1ccccc1. The van der Waals surface area contributed by atoms with Crippen LogP contribution in [0.4, 0.5) is 0 Å². The average molecular weight is 323 g/mol. The van der Waals surface area contributed by atoms with Crippen molar-refractivity contribution in [2.45, 2.75) is 52.4 Å². The highest BCUT2D eigenvalue weighted by Gasteiger charge is 2.51. The van der Waals surface area contributed by atoms with Crippen molar-refractivity contribution in [3.8, 4) is 0 Å². The Morgan fingerprint density at radius 3 is 1.75 bits per heavy atom. The van der Waals surface area contributed by atoms with E-state index < -0.39 is 0 Å². The summed E-state index contributed by atoms with van der Waals surface area (Å²) in [5, 5.41) is 10.9. The molecule has 128 valence electrons. The molecule has 2 nitrogen and oxygen atoms in total. The molecule has 0 bridgehead atoms. The van der Waals surface area contributed by atoms with Gasteiger partial charge >= 0.3 is 0 Å². The fraction of sp³-hybridized carbons (Fsp3) is 0.455. The number of hydrogen-bond donors (Lipinski definition) is 1. The van der Waals surface area contributed by atoms with Crippen molar-refractivity contribution < 1.29 is 5.11 Å². The van der Waals surface area contributed by atoms with Crippen molar-refractivity contribution in [3.63, 3.8) is 0 Å². The fourth-order valence-electron chi connectivity index (χ4n) is 3.62. The lowest BCUT2D eigenvalue weighted by molar-refractivity contribution is 0.0277. The van der Waals surface area contributed by atoms with E-state index in [4.69, 9.17) is 0 Å². The van der Waals surface area contributed by atoms with E-state index in [2.05, 4.69) is 86.3 Å². The van der Waals surface area contributed by atoms with Gasteiger partial charge in [-0.25, -0.2) is 0 Å². The number of benzene rings is 2. The Hall–Kier alpha value is -1.64. The Morgan fingerprint density at radius 1 is 0.958 bits per heavy atom. The molecule has 0 aromatic heterocycles. The molecular formula is C22H29NO. The lowest BCUT2D eigenvalue weighted by Gasteiger charge is -2.33. The van der Waals surface area contributed by atoms with Crippen LogP contribution in [-0.2, 0) is 13.1 Å². The van der Waals surface area contributed by atoms with E-state index in [1.807, 2.05) is 0 Å². The summed E-state index contributed by atoms with van der Waals surface area (Å²) in [6, 6.07) is 21.2. The van der Waals surface area contributed by atoms with Gasteiger partial charge in [0.05, 0.1) is 6.10 Å². The van der Waals surface area contributed by atoms with Gasteiger partial charge in [-0.05, 0) is 35.8 Å². The molecule has 0 heterocycles. The quantitative estimate of drug-likeness (QED) is 0.812. The van der Waals surface area contributed by atoms with Gasteiger partial charge in [0.15, 0.2) is 0 Å². The second-order valence-electron chi connectivity index (χ2n) is 7.91. The maximum atomic E-state index is 10.9. The summed E-state index contributed by atoms with van der Waals surface area (Å²) in [7, 11) is 0. The van der Waals surface area contributed by atoms with Crippen molar-refractivity contribution in [3.05, 3.63) is 71.8 Å². The van der Waals surface area contributed by atoms with Gasteiger partial charge in [0.1, 0.15) is 0 Å². The molecule has 0 radical (unpaired) electrons. The second-order valence-corrected chi connectivity index (χ2v) is 7.91. The molecule has 2 aromatic carbocycles. The molecule has 0 spiro atoms. The van der Waals surface area contributed by atoms with Crippen LogP contribution in [0.25, 0.3) is 0 Å². The Morgan fingerprint density at radius 2 is 1.38 bits per heavy atom. The second kappa shape index (κ2) is 7.08. The predicted molar refractivity (Wildman–Crippen MR) is 99.5 cm³/mol. The van der Waals surface area contributed by atoms with Crippen LogP contribution in [0.5, 0.6) is 0 Å². The molecule has 3 rings (SSSR count). The summed E-state index contributed by atoms with van der Waals surface area (Å²) in [6.07, 6.45) is 0.857. The van der Waals surface area contributed by atoms with Crippen molar-refractivity contribution in [1.29, 1.82) is 0 Å². The van der Waals surface area contributed by atoms with E-state index in [1.54, 1.807) is 0 Å². The largest absolute Gasteiger partial charge is 0.391 e. The monoisotopic (exact) mass is 323 g/mol. The first-order chi connectivity index (χ1) is 11.5. The lowest BCUT2D eigenvalue weighted by atomic mass is 9.99. The first-order valence-electron chi connectivity index (χ1n) is 8.97. The highest BCUT2D eigenvalue weighted by molar-refractivity contribution is 5.17. The summed E-state index contributed by atoms with van der Waals surface area (Å²) < 4.78 is 0. The molecule has 1 aliphatic rings. The van der Waals surface area contributed by atoms with Gasteiger partial charge in [-0.1, -0.05) is 74.5 Å². The van der Waals surface area contributed by atoms with E-state index in [0.717, 1.165) is 19.5 Å². The third kappa shape index (κ3) is 4.06. The van der Waals surface area contributed by atoms with E-state index in [0.29, 0.717) is 11.3 Å². The minimum atomic E-state index is -0.271. The number of rotatable bonds is 7. The molecule has 1 fully saturated rings. The van der Waals surface area contributed by atoms with Crippen molar-refractivity contribution in [1.82, 2.24) is 4.90 Å². The number of nitrogens with zero attached hydrogens (tertiary/aromatic N) is 1. The Bertz CT molecular complexity index is 596. The van der Waals surface area contributed by atoms with Crippen LogP contribution in [0.3, 0.4) is 0 Å². The van der Waals surface area contributed by atoms with Gasteiger partial charge in [0.25, 0.3) is 0 Å². The zero-order valence-corrected chi connectivity index (χ0v) is 15.0. The first kappa shape index (κ1) is 17.2. The minimum absolute atomic E-state index is 0.136. The van der Waals surface area contributed by atoms with Crippen LogP contribution >= 0.6 is 0 Å². The van der Waals surface area contributed by atoms with Crippen molar-refractivity contribution in [2.24, 2.45) is 11.3 Å². The topological polar surface area (TPSA) is 23.5 Å². The van der Waals surface area contributed by atoms with E-state index >= 15 is 0 Å². The molecule has 0 saturated heterocycles. The van der Waals surface area contributed by atoms with Crippen LogP contribution in [0, 0.1) is 11.3 Å². The molecule has 3 atom stereocenters. The molecule has 1 unspecified atom stereocenters. The molecular weight excluding hydrogens is 294 g/mol. The third-order valence-electron chi connectivity index (χ3n) is 5.53. The maximum absolute atomic E-state index is 10.9. The molecule has 0 aliphatic heterocycles. The number of aliphatic hydroxyl groups is 1. The Balaban J connectivity index is 1.75. The number of aliphatic hydroxyl groups excluding tert-OH is 1. The van der Waals surface area contributed by atoms with Gasteiger partial charge in [-0.3, -0.25) is 4.90 Å². The summed E-state index contributed by atoms with van der Waals surface area (Å²) in [5.74, 6) is 0.418. The lowest BCUT2D eigenvalue weighted by Crippen LogP contribution is -2.42. The summed E-state index contributed by atoms with van der Waals surface area (Å²) >= 11 is 0. The molecule has 24 heavy (non-hydrogen) atoms. The standard InChI is InChI=1S/C22H29NO/c1-17(21(24)20-14-22(20,2)3)23(15-18-10-6-4-7-11-18)16-19-12-8-5-9-13-19/h4-13,17,20-21,24H,14-16H2,1-3H3/t17-,20?,21+/m0/s1. The zero-order chi connectivity index (χ0) is 17.2. The van der Waals surface area contributed by atoms with Gasteiger partial charge in [-0.15, -0.1) is 0 Å².